The second-order valence-corrected chi connectivity index (χ2v) is 7.49. The largest absolute Gasteiger partial charge is 0.478 e. The molecule has 0 aliphatic carbocycles. The highest BCUT2D eigenvalue weighted by atomic mass is 16.6. The lowest BCUT2D eigenvalue weighted by Gasteiger charge is -2.10. The highest BCUT2D eigenvalue weighted by Crippen LogP contribution is 2.36. The van der Waals surface area contributed by atoms with E-state index in [1.165, 1.54) is 42.8 Å². The predicted molar refractivity (Wildman–Crippen MR) is 123 cm³/mol. The molecule has 0 unspecified atom stereocenters. The molecule has 10 heteroatoms. The van der Waals surface area contributed by atoms with Crippen LogP contribution < -0.4 is 5.32 Å². The van der Waals surface area contributed by atoms with Crippen molar-refractivity contribution in [3.63, 3.8) is 0 Å². The maximum absolute atomic E-state index is 11.9. The fourth-order valence-corrected chi connectivity index (χ4v) is 3.98. The van der Waals surface area contributed by atoms with Crippen molar-refractivity contribution in [2.45, 2.75) is 6.54 Å². The molecule has 0 saturated carbocycles. The van der Waals surface area contributed by atoms with E-state index in [4.69, 9.17) is 4.42 Å². The summed E-state index contributed by atoms with van der Waals surface area (Å²) in [6, 6.07) is 16.8. The topological polar surface area (TPSA) is 147 Å². The number of oxazole rings is 1. The SMILES string of the molecule is N#Cc1ccc(-n2c3cc(CNc4ncco4)ccc3c3ccc(C(=O)O)cc32)c([N+](=O)[O-])c1. The minimum absolute atomic E-state index is 0.0543. The number of anilines is 1. The van der Waals surface area contributed by atoms with Crippen LogP contribution >= 0.6 is 0 Å². The molecule has 0 radical (unpaired) electrons. The van der Waals surface area contributed by atoms with Gasteiger partial charge >= 0.3 is 5.97 Å². The van der Waals surface area contributed by atoms with Crippen molar-refractivity contribution in [3.05, 3.63) is 93.9 Å². The second kappa shape index (κ2) is 8.07. The maximum Gasteiger partial charge on any atom is 0.335 e. The van der Waals surface area contributed by atoms with E-state index >= 15 is 0 Å². The number of carboxylic acid groups (broad SMARTS) is 1. The number of nitriles is 1. The van der Waals surface area contributed by atoms with Gasteiger partial charge in [-0.1, -0.05) is 18.2 Å². The van der Waals surface area contributed by atoms with Crippen LogP contribution in [-0.4, -0.2) is 25.6 Å². The minimum atomic E-state index is -1.11. The third kappa shape index (κ3) is 3.47. The zero-order chi connectivity index (χ0) is 23.8. The number of fused-ring (bicyclic) bond motifs is 3. The Morgan fingerprint density at radius 3 is 2.59 bits per heavy atom. The Labute approximate surface area is 191 Å². The molecule has 5 rings (SSSR count). The molecule has 0 atom stereocenters. The monoisotopic (exact) mass is 453 g/mol. The molecule has 0 amide bonds. The molecule has 10 nitrogen and oxygen atoms in total. The average molecular weight is 453 g/mol. The predicted octanol–water partition coefficient (Wildman–Crippen LogP) is 4.86. The molecule has 0 aliphatic heterocycles. The average Bonchev–Trinajstić information content (AvgIpc) is 3.47. The van der Waals surface area contributed by atoms with E-state index in [9.17, 15) is 25.3 Å². The van der Waals surface area contributed by atoms with Crippen molar-refractivity contribution in [3.8, 4) is 11.8 Å². The first-order valence-electron chi connectivity index (χ1n) is 10.1. The van der Waals surface area contributed by atoms with Crippen molar-refractivity contribution >= 4 is 39.5 Å². The number of aromatic nitrogens is 2. The van der Waals surface area contributed by atoms with E-state index in [2.05, 4.69) is 10.3 Å². The van der Waals surface area contributed by atoms with Gasteiger partial charge in [-0.3, -0.25) is 10.1 Å². The van der Waals surface area contributed by atoms with E-state index in [-0.39, 0.29) is 22.5 Å². The number of carboxylic acids is 1. The number of benzene rings is 3. The second-order valence-electron chi connectivity index (χ2n) is 7.49. The number of hydrogen-bond acceptors (Lipinski definition) is 7. The first kappa shape index (κ1) is 20.7. The first-order chi connectivity index (χ1) is 16.5. The molecule has 0 bridgehead atoms. The summed E-state index contributed by atoms with van der Waals surface area (Å²) in [6.07, 6.45) is 2.97. The minimum Gasteiger partial charge on any atom is -0.478 e. The normalized spacial score (nSPS) is 10.9. The van der Waals surface area contributed by atoms with Gasteiger partial charge in [0.2, 0.25) is 0 Å². The van der Waals surface area contributed by atoms with Gasteiger partial charge in [-0.25, -0.2) is 9.78 Å². The molecule has 0 spiro atoms. The van der Waals surface area contributed by atoms with Crippen molar-refractivity contribution in [1.82, 2.24) is 9.55 Å². The van der Waals surface area contributed by atoms with E-state index < -0.39 is 10.9 Å². The summed E-state index contributed by atoms with van der Waals surface area (Å²) in [5.74, 6) is -1.11. The van der Waals surface area contributed by atoms with E-state index in [0.29, 0.717) is 23.6 Å². The van der Waals surface area contributed by atoms with Crippen molar-refractivity contribution in [2.24, 2.45) is 0 Å². The lowest BCUT2D eigenvalue weighted by atomic mass is 10.1. The lowest BCUT2D eigenvalue weighted by Crippen LogP contribution is -2.03. The molecule has 2 N–H and O–H groups in total. The van der Waals surface area contributed by atoms with Crippen LogP contribution in [0.4, 0.5) is 11.7 Å². The summed E-state index contributed by atoms with van der Waals surface area (Å²) in [7, 11) is 0. The number of hydrogen-bond donors (Lipinski definition) is 2. The van der Waals surface area contributed by atoms with Crippen LogP contribution in [0.5, 0.6) is 0 Å². The molecule has 2 heterocycles. The molecule has 34 heavy (non-hydrogen) atoms. The van der Waals surface area contributed by atoms with Gasteiger partial charge in [-0.05, 0) is 35.9 Å². The number of rotatable bonds is 6. The summed E-state index contributed by atoms with van der Waals surface area (Å²) in [5.41, 5.74) is 2.17. The number of nitrogens with zero attached hydrogens (tertiary/aromatic N) is 4. The van der Waals surface area contributed by atoms with E-state index in [1.54, 1.807) is 10.6 Å². The van der Waals surface area contributed by atoms with Crippen LogP contribution in [0.1, 0.15) is 21.5 Å². The number of nitrogens with one attached hydrogen (secondary N) is 1. The Morgan fingerprint density at radius 2 is 1.91 bits per heavy atom. The number of carbonyl (C=O) groups is 1. The van der Waals surface area contributed by atoms with Crippen LogP contribution in [0.2, 0.25) is 0 Å². The summed E-state index contributed by atoms with van der Waals surface area (Å²) in [4.78, 5) is 27.0. The molecule has 0 aliphatic rings. The third-order valence-corrected chi connectivity index (χ3v) is 5.50. The van der Waals surface area contributed by atoms with E-state index in [0.717, 1.165) is 16.3 Å². The van der Waals surface area contributed by atoms with Crippen LogP contribution in [0.25, 0.3) is 27.5 Å². The van der Waals surface area contributed by atoms with Gasteiger partial charge in [0, 0.05) is 23.4 Å². The van der Waals surface area contributed by atoms with Gasteiger partial charge in [0.05, 0.1) is 39.3 Å². The van der Waals surface area contributed by atoms with Gasteiger partial charge in [-0.2, -0.15) is 5.26 Å². The first-order valence-corrected chi connectivity index (χ1v) is 10.1. The summed E-state index contributed by atoms with van der Waals surface area (Å²) in [6.45, 7) is 0.383. The molecule has 5 aromatic rings. The van der Waals surface area contributed by atoms with Crippen LogP contribution in [0, 0.1) is 21.4 Å². The van der Waals surface area contributed by atoms with Gasteiger partial charge in [-0.15, -0.1) is 0 Å². The Morgan fingerprint density at radius 1 is 1.15 bits per heavy atom. The van der Waals surface area contributed by atoms with Crippen molar-refractivity contribution in [2.75, 3.05) is 5.32 Å². The Kier molecular flexibility index (Phi) is 4.92. The van der Waals surface area contributed by atoms with E-state index in [1.807, 2.05) is 24.3 Å². The third-order valence-electron chi connectivity index (χ3n) is 5.50. The van der Waals surface area contributed by atoms with Crippen molar-refractivity contribution < 1.29 is 19.2 Å². The summed E-state index contributed by atoms with van der Waals surface area (Å²) >= 11 is 0. The Bertz CT molecular complexity index is 1630. The molecule has 166 valence electrons. The lowest BCUT2D eigenvalue weighted by molar-refractivity contribution is -0.384. The van der Waals surface area contributed by atoms with Crippen LogP contribution in [0.3, 0.4) is 0 Å². The zero-order valence-corrected chi connectivity index (χ0v) is 17.4. The zero-order valence-electron chi connectivity index (χ0n) is 17.4. The summed E-state index contributed by atoms with van der Waals surface area (Å²) in [5, 5.41) is 35.2. The van der Waals surface area contributed by atoms with Crippen LogP contribution in [0.15, 0.2) is 71.5 Å². The number of nitro groups is 1. The summed E-state index contributed by atoms with van der Waals surface area (Å²) < 4.78 is 6.86. The Hall–Kier alpha value is -5.17. The molecule has 0 fully saturated rings. The molecule has 3 aromatic carbocycles. The quantitative estimate of drug-likeness (QED) is 0.274. The number of nitro benzene ring substituents is 1. The molecular formula is C24H15N5O5. The van der Waals surface area contributed by atoms with Crippen molar-refractivity contribution in [1.29, 1.82) is 5.26 Å². The van der Waals surface area contributed by atoms with Gasteiger partial charge in [0.15, 0.2) is 0 Å². The fraction of sp³-hybridized carbons (Fsp3) is 0.0417. The van der Waals surface area contributed by atoms with Gasteiger partial charge in [0.25, 0.3) is 11.7 Å². The molecule has 2 aromatic heterocycles. The Balaban J connectivity index is 1.78. The van der Waals surface area contributed by atoms with Crippen LogP contribution in [-0.2, 0) is 6.54 Å². The standard InChI is InChI=1S/C24H15N5O5/c25-12-14-2-6-19(22(9-14)29(32)33)28-20-10-15(13-27-24-26-7-8-34-24)1-4-17(20)18-5-3-16(23(30)31)11-21(18)28/h1-11H,13H2,(H,26,27)(H,30,31). The molecular weight excluding hydrogens is 438 g/mol. The smallest absolute Gasteiger partial charge is 0.335 e. The highest BCUT2D eigenvalue weighted by molar-refractivity contribution is 6.11. The maximum atomic E-state index is 11.9. The highest BCUT2D eigenvalue weighted by Gasteiger charge is 2.22. The van der Waals surface area contributed by atoms with Gasteiger partial charge < -0.3 is 19.4 Å². The fourth-order valence-electron chi connectivity index (χ4n) is 3.98. The molecule has 0 saturated heterocycles. The van der Waals surface area contributed by atoms with Gasteiger partial charge in [0.1, 0.15) is 12.0 Å². The number of aromatic carboxylic acids is 1.